The highest BCUT2D eigenvalue weighted by Crippen LogP contribution is 2.32. The summed E-state index contributed by atoms with van der Waals surface area (Å²) in [6, 6.07) is 14.8. The number of amides is 2. The Morgan fingerprint density at radius 3 is 2.52 bits per heavy atom. The van der Waals surface area contributed by atoms with E-state index in [-0.39, 0.29) is 12.6 Å². The topological polar surface area (TPSA) is 61.9 Å². The van der Waals surface area contributed by atoms with E-state index in [0.29, 0.717) is 36.5 Å². The Morgan fingerprint density at radius 2 is 1.87 bits per heavy atom. The molecule has 3 rings (SSSR count). The number of benzene rings is 2. The summed E-state index contributed by atoms with van der Waals surface area (Å²) in [4.78, 5) is 29.5. The summed E-state index contributed by atoms with van der Waals surface area (Å²) in [5.41, 5.74) is 2.51. The van der Waals surface area contributed by atoms with Crippen molar-refractivity contribution in [1.82, 2.24) is 15.1 Å². The number of urea groups is 1. The van der Waals surface area contributed by atoms with Crippen LogP contribution in [0.2, 0.25) is 0 Å². The van der Waals surface area contributed by atoms with E-state index in [1.807, 2.05) is 49.2 Å². The molecule has 0 spiro atoms. The quantitative estimate of drug-likeness (QED) is 0.653. The zero-order chi connectivity index (χ0) is 22.4. The van der Waals surface area contributed by atoms with Gasteiger partial charge < -0.3 is 10.1 Å². The van der Waals surface area contributed by atoms with Gasteiger partial charge in [0.05, 0.1) is 18.2 Å². The fraction of sp³-hybridized carbons (Fsp3) is 0.333. The number of ether oxygens (including phenoxy) is 1. The molecule has 2 aromatic carbocycles. The Labute approximate surface area is 182 Å². The van der Waals surface area contributed by atoms with E-state index in [0.717, 1.165) is 5.56 Å². The van der Waals surface area contributed by atoms with E-state index in [1.165, 1.54) is 12.1 Å². The van der Waals surface area contributed by atoms with Crippen molar-refractivity contribution in [3.63, 3.8) is 0 Å². The van der Waals surface area contributed by atoms with Crippen LogP contribution in [0.25, 0.3) is 0 Å². The molecule has 1 aliphatic rings. The summed E-state index contributed by atoms with van der Waals surface area (Å²) in [6.45, 7) is 5.17. The SMILES string of the molecule is CCOC(=O)C1=C(CN(C)Cc2ccccc2)N(CC)C(=O)N[C@@H]1c1cccc(F)c1. The maximum absolute atomic E-state index is 13.9. The third-order valence-electron chi connectivity index (χ3n) is 5.15. The smallest absolute Gasteiger partial charge is 0.338 e. The molecule has 0 fully saturated rings. The van der Waals surface area contributed by atoms with Crippen molar-refractivity contribution in [3.05, 3.63) is 82.8 Å². The first-order valence-corrected chi connectivity index (χ1v) is 10.4. The Balaban J connectivity index is 2.04. The van der Waals surface area contributed by atoms with Gasteiger partial charge in [-0.3, -0.25) is 9.80 Å². The van der Waals surface area contributed by atoms with Gasteiger partial charge in [-0.15, -0.1) is 0 Å². The predicted octanol–water partition coefficient (Wildman–Crippen LogP) is 3.86. The highest BCUT2D eigenvalue weighted by atomic mass is 19.1. The van der Waals surface area contributed by atoms with Crippen LogP contribution in [-0.4, -0.2) is 48.5 Å². The molecule has 0 saturated carbocycles. The molecule has 7 heteroatoms. The number of nitrogens with one attached hydrogen (secondary N) is 1. The highest BCUT2D eigenvalue weighted by molar-refractivity contribution is 5.95. The van der Waals surface area contributed by atoms with Gasteiger partial charge >= 0.3 is 12.0 Å². The molecule has 0 aromatic heterocycles. The number of hydrogen-bond donors (Lipinski definition) is 1. The summed E-state index contributed by atoms with van der Waals surface area (Å²) in [5.74, 6) is -0.950. The molecule has 1 N–H and O–H groups in total. The molecular weight excluding hydrogens is 397 g/mol. The monoisotopic (exact) mass is 425 g/mol. The Kier molecular flexibility index (Phi) is 7.41. The second-order valence-corrected chi connectivity index (χ2v) is 7.42. The minimum atomic E-state index is -0.787. The summed E-state index contributed by atoms with van der Waals surface area (Å²) in [6.07, 6.45) is 0. The van der Waals surface area contributed by atoms with Crippen molar-refractivity contribution in [2.75, 3.05) is 26.7 Å². The molecule has 31 heavy (non-hydrogen) atoms. The lowest BCUT2D eigenvalue weighted by atomic mass is 9.94. The van der Waals surface area contributed by atoms with Crippen molar-refractivity contribution in [2.24, 2.45) is 0 Å². The van der Waals surface area contributed by atoms with E-state index in [9.17, 15) is 14.0 Å². The van der Waals surface area contributed by atoms with Gasteiger partial charge in [-0.25, -0.2) is 14.0 Å². The lowest BCUT2D eigenvalue weighted by Gasteiger charge is -2.37. The zero-order valence-electron chi connectivity index (χ0n) is 18.1. The molecule has 0 aliphatic carbocycles. The van der Waals surface area contributed by atoms with Crippen molar-refractivity contribution >= 4 is 12.0 Å². The average Bonchev–Trinajstić information content (AvgIpc) is 2.74. The highest BCUT2D eigenvalue weighted by Gasteiger charge is 2.38. The number of carbonyl (C=O) groups is 2. The number of halogens is 1. The largest absolute Gasteiger partial charge is 0.463 e. The summed E-state index contributed by atoms with van der Waals surface area (Å²) in [5, 5.41) is 2.85. The fourth-order valence-electron chi connectivity index (χ4n) is 3.80. The van der Waals surface area contributed by atoms with Crippen molar-refractivity contribution < 1.29 is 18.7 Å². The number of hydrogen-bond acceptors (Lipinski definition) is 4. The van der Waals surface area contributed by atoms with Crippen LogP contribution < -0.4 is 5.32 Å². The van der Waals surface area contributed by atoms with Crippen molar-refractivity contribution in [2.45, 2.75) is 26.4 Å². The first kappa shape index (κ1) is 22.5. The minimum Gasteiger partial charge on any atom is -0.463 e. The van der Waals surface area contributed by atoms with Crippen LogP contribution in [0.1, 0.15) is 31.0 Å². The number of nitrogens with zero attached hydrogens (tertiary/aromatic N) is 2. The van der Waals surface area contributed by atoms with Crippen LogP contribution >= 0.6 is 0 Å². The van der Waals surface area contributed by atoms with Crippen LogP contribution in [0.4, 0.5) is 9.18 Å². The van der Waals surface area contributed by atoms with E-state index < -0.39 is 17.8 Å². The van der Waals surface area contributed by atoms with Gasteiger partial charge in [-0.05, 0) is 44.2 Å². The second kappa shape index (κ2) is 10.2. The van der Waals surface area contributed by atoms with Gasteiger partial charge in [0.2, 0.25) is 0 Å². The molecule has 0 saturated heterocycles. The molecule has 0 bridgehead atoms. The van der Waals surface area contributed by atoms with Gasteiger partial charge in [0.1, 0.15) is 5.82 Å². The second-order valence-electron chi connectivity index (χ2n) is 7.42. The van der Waals surface area contributed by atoms with Crippen LogP contribution in [0, 0.1) is 5.82 Å². The molecule has 1 heterocycles. The maximum Gasteiger partial charge on any atom is 0.338 e. The Morgan fingerprint density at radius 1 is 1.13 bits per heavy atom. The van der Waals surface area contributed by atoms with E-state index in [4.69, 9.17) is 4.74 Å². The van der Waals surface area contributed by atoms with Gasteiger partial charge in [-0.1, -0.05) is 42.5 Å². The van der Waals surface area contributed by atoms with Gasteiger partial charge in [0, 0.05) is 25.3 Å². The molecule has 2 amide bonds. The predicted molar refractivity (Wildman–Crippen MR) is 116 cm³/mol. The summed E-state index contributed by atoms with van der Waals surface area (Å²) in [7, 11) is 1.93. The van der Waals surface area contributed by atoms with E-state index in [1.54, 1.807) is 24.0 Å². The van der Waals surface area contributed by atoms with Gasteiger partial charge in [-0.2, -0.15) is 0 Å². The Bertz CT molecular complexity index is 962. The average molecular weight is 426 g/mol. The molecule has 164 valence electrons. The van der Waals surface area contributed by atoms with Gasteiger partial charge in [0.25, 0.3) is 0 Å². The van der Waals surface area contributed by atoms with E-state index >= 15 is 0 Å². The zero-order valence-corrected chi connectivity index (χ0v) is 18.1. The van der Waals surface area contributed by atoms with Gasteiger partial charge in [0.15, 0.2) is 0 Å². The summed E-state index contributed by atoms with van der Waals surface area (Å²) >= 11 is 0. The number of carbonyl (C=O) groups excluding carboxylic acids is 2. The van der Waals surface area contributed by atoms with Crippen LogP contribution in [0.5, 0.6) is 0 Å². The Hall–Kier alpha value is -3.19. The molecular formula is C24H28FN3O3. The molecule has 2 aromatic rings. The maximum atomic E-state index is 13.9. The standard InChI is InChI=1S/C24H28FN3O3/c1-4-28-20(16-27(3)15-17-10-7-6-8-11-17)21(23(29)31-5-2)22(26-24(28)30)18-12-9-13-19(25)14-18/h6-14,22H,4-5,15-16H2,1-3H3,(H,26,30)/t22-/m1/s1. The normalized spacial score (nSPS) is 16.5. The third kappa shape index (κ3) is 5.30. The molecule has 0 unspecified atom stereocenters. The third-order valence-corrected chi connectivity index (χ3v) is 5.15. The van der Waals surface area contributed by atoms with Crippen molar-refractivity contribution in [1.29, 1.82) is 0 Å². The number of likely N-dealkylation sites (N-methyl/N-ethyl adjacent to an activating group) is 2. The lowest BCUT2D eigenvalue weighted by molar-refractivity contribution is -0.139. The molecule has 1 atom stereocenters. The van der Waals surface area contributed by atoms with Crippen LogP contribution in [-0.2, 0) is 16.1 Å². The van der Waals surface area contributed by atoms with Crippen molar-refractivity contribution in [3.8, 4) is 0 Å². The number of rotatable bonds is 8. The lowest BCUT2D eigenvalue weighted by Crippen LogP contribution is -2.50. The molecule has 0 radical (unpaired) electrons. The first-order chi connectivity index (χ1) is 14.9. The fourth-order valence-corrected chi connectivity index (χ4v) is 3.80. The van der Waals surface area contributed by atoms with E-state index in [2.05, 4.69) is 5.32 Å². The molecule has 1 aliphatic heterocycles. The summed E-state index contributed by atoms with van der Waals surface area (Å²) < 4.78 is 19.3. The van der Waals surface area contributed by atoms with Crippen LogP contribution in [0.15, 0.2) is 65.9 Å². The number of esters is 1. The minimum absolute atomic E-state index is 0.200. The van der Waals surface area contributed by atoms with Crippen LogP contribution in [0.3, 0.4) is 0 Å². The molecule has 6 nitrogen and oxygen atoms in total. The first-order valence-electron chi connectivity index (χ1n) is 10.4.